The van der Waals surface area contributed by atoms with E-state index >= 15 is 0 Å². The number of thioether (sulfide) groups is 1. The average molecular weight is 531 g/mol. The lowest BCUT2D eigenvalue weighted by Gasteiger charge is -2.15. The Hall–Kier alpha value is -3.63. The molecule has 5 rings (SSSR count). The van der Waals surface area contributed by atoms with Gasteiger partial charge in [-0.3, -0.25) is 4.79 Å². The maximum absolute atomic E-state index is 13.6. The SMILES string of the molecule is O=c1c2nn(-c3ccc(F)cc3)c(-c3ccccc3Cl)cc-2nn1Cc1ccc(SC(F)(F)F)cc1. The highest BCUT2D eigenvalue weighted by Gasteiger charge is 2.29. The molecule has 0 radical (unpaired) electrons. The molecule has 2 heterocycles. The van der Waals surface area contributed by atoms with Gasteiger partial charge in [-0.15, -0.1) is 0 Å². The molecule has 2 aliphatic heterocycles. The second-order valence-corrected chi connectivity index (χ2v) is 9.33. The van der Waals surface area contributed by atoms with Crippen LogP contribution < -0.4 is 5.56 Å². The number of halogens is 5. The quantitative estimate of drug-likeness (QED) is 0.188. The molecule has 3 aromatic rings. The van der Waals surface area contributed by atoms with Crippen molar-refractivity contribution in [2.24, 2.45) is 0 Å². The van der Waals surface area contributed by atoms with Crippen molar-refractivity contribution in [2.45, 2.75) is 16.9 Å². The van der Waals surface area contributed by atoms with Crippen LogP contribution in [0.5, 0.6) is 0 Å². The molecule has 2 aliphatic rings. The summed E-state index contributed by atoms with van der Waals surface area (Å²) < 4.78 is 54.0. The van der Waals surface area contributed by atoms with E-state index in [1.54, 1.807) is 30.3 Å². The molecule has 0 spiro atoms. The molecular formula is C25H15ClF4N4OS. The molecule has 0 bridgehead atoms. The number of rotatable bonds is 5. The van der Waals surface area contributed by atoms with Gasteiger partial charge in [0.1, 0.15) is 11.5 Å². The number of benzene rings is 3. The van der Waals surface area contributed by atoms with Crippen molar-refractivity contribution < 1.29 is 17.6 Å². The predicted octanol–water partition coefficient (Wildman–Crippen LogP) is 6.65. The summed E-state index contributed by atoms with van der Waals surface area (Å²) in [5, 5.41) is 9.37. The standard InChI is InChI=1S/C25H15ClF4N4OS/c26-20-4-2-1-3-19(20)22-13-21-23(32-34(22)17-9-7-16(27)8-10-17)24(35)33(31-21)14-15-5-11-18(12-6-15)36-25(28,29)30/h1-13H,14H2. The van der Waals surface area contributed by atoms with Crippen molar-refractivity contribution in [3.8, 4) is 28.3 Å². The van der Waals surface area contributed by atoms with E-state index in [4.69, 9.17) is 11.6 Å². The summed E-state index contributed by atoms with van der Waals surface area (Å²) in [5.41, 5.74) is -2.16. The molecule has 0 amide bonds. The van der Waals surface area contributed by atoms with E-state index in [2.05, 4.69) is 10.2 Å². The van der Waals surface area contributed by atoms with Gasteiger partial charge in [-0.05, 0) is 65.9 Å². The van der Waals surface area contributed by atoms with Crippen LogP contribution in [-0.4, -0.2) is 25.1 Å². The molecule has 0 saturated heterocycles. The molecule has 3 aromatic carbocycles. The molecule has 0 atom stereocenters. The Morgan fingerprint density at radius 3 is 2.28 bits per heavy atom. The number of aromatic nitrogens is 4. The van der Waals surface area contributed by atoms with Crippen molar-refractivity contribution in [3.05, 3.63) is 106 Å². The number of nitrogens with zero attached hydrogens (tertiary/aromatic N) is 4. The highest BCUT2D eigenvalue weighted by atomic mass is 35.5. The summed E-state index contributed by atoms with van der Waals surface area (Å²) in [4.78, 5) is 13.2. The molecule has 5 nitrogen and oxygen atoms in total. The van der Waals surface area contributed by atoms with E-state index in [0.717, 1.165) is 0 Å². The topological polar surface area (TPSA) is 52.7 Å². The molecular weight excluding hydrogens is 516 g/mol. The van der Waals surface area contributed by atoms with Crippen molar-refractivity contribution >= 4 is 23.4 Å². The van der Waals surface area contributed by atoms with Gasteiger partial charge in [-0.2, -0.15) is 23.4 Å². The molecule has 0 fully saturated rings. The lowest BCUT2D eigenvalue weighted by molar-refractivity contribution is -0.0328. The van der Waals surface area contributed by atoms with E-state index in [-0.39, 0.29) is 28.9 Å². The first kappa shape index (κ1) is 24.1. The highest BCUT2D eigenvalue weighted by molar-refractivity contribution is 8.00. The minimum absolute atomic E-state index is 0.0458. The Morgan fingerprint density at radius 1 is 0.917 bits per heavy atom. The third kappa shape index (κ3) is 5.00. The van der Waals surface area contributed by atoms with Crippen LogP contribution in [0.4, 0.5) is 17.6 Å². The van der Waals surface area contributed by atoms with Crippen molar-refractivity contribution in [3.63, 3.8) is 0 Å². The number of alkyl halides is 3. The van der Waals surface area contributed by atoms with Crippen LogP contribution in [0.25, 0.3) is 28.3 Å². The number of hydrogen-bond donors (Lipinski definition) is 0. The van der Waals surface area contributed by atoms with Gasteiger partial charge in [0.05, 0.1) is 17.9 Å². The van der Waals surface area contributed by atoms with Gasteiger partial charge in [0, 0.05) is 15.5 Å². The zero-order chi connectivity index (χ0) is 25.4. The molecule has 0 unspecified atom stereocenters. The molecule has 11 heteroatoms. The van der Waals surface area contributed by atoms with Crippen LogP contribution in [0.15, 0.2) is 88.6 Å². The highest BCUT2D eigenvalue weighted by Crippen LogP contribution is 2.37. The Bertz CT molecular complexity index is 1560. The maximum Gasteiger partial charge on any atom is 0.446 e. The zero-order valence-electron chi connectivity index (χ0n) is 18.2. The second kappa shape index (κ2) is 9.44. The molecule has 0 N–H and O–H groups in total. The third-order valence-corrected chi connectivity index (χ3v) is 6.39. The first-order chi connectivity index (χ1) is 17.2. The van der Waals surface area contributed by atoms with Crippen molar-refractivity contribution in [1.29, 1.82) is 0 Å². The van der Waals surface area contributed by atoms with Crippen molar-refractivity contribution in [1.82, 2.24) is 19.6 Å². The Kier molecular flexibility index (Phi) is 6.31. The van der Waals surface area contributed by atoms with Gasteiger partial charge in [-0.1, -0.05) is 41.9 Å². The fraction of sp³-hybridized carbons (Fsp3) is 0.0800. The third-order valence-electron chi connectivity index (χ3n) is 5.32. The van der Waals surface area contributed by atoms with Crippen LogP contribution in [0.3, 0.4) is 0 Å². The normalized spacial score (nSPS) is 11.8. The first-order valence-electron chi connectivity index (χ1n) is 10.5. The van der Waals surface area contributed by atoms with E-state index in [1.165, 1.54) is 57.9 Å². The lowest BCUT2D eigenvalue weighted by atomic mass is 10.1. The first-order valence-corrected chi connectivity index (χ1v) is 11.7. The van der Waals surface area contributed by atoms with Crippen LogP contribution >= 0.6 is 23.4 Å². The van der Waals surface area contributed by atoms with E-state index in [9.17, 15) is 22.4 Å². The monoisotopic (exact) mass is 530 g/mol. The van der Waals surface area contributed by atoms with E-state index in [1.807, 2.05) is 0 Å². The van der Waals surface area contributed by atoms with E-state index in [0.29, 0.717) is 33.2 Å². The largest absolute Gasteiger partial charge is 0.446 e. The van der Waals surface area contributed by atoms with Crippen LogP contribution in [-0.2, 0) is 6.54 Å². The van der Waals surface area contributed by atoms with Gasteiger partial charge in [0.15, 0.2) is 5.69 Å². The molecule has 0 saturated carbocycles. The molecule has 182 valence electrons. The van der Waals surface area contributed by atoms with Gasteiger partial charge < -0.3 is 0 Å². The van der Waals surface area contributed by atoms with Crippen LogP contribution in [0.1, 0.15) is 5.56 Å². The van der Waals surface area contributed by atoms with Gasteiger partial charge >= 0.3 is 5.51 Å². The summed E-state index contributed by atoms with van der Waals surface area (Å²) in [6.45, 7) is 0.0458. The zero-order valence-corrected chi connectivity index (χ0v) is 19.8. The van der Waals surface area contributed by atoms with Gasteiger partial charge in [-0.25, -0.2) is 13.8 Å². The predicted molar refractivity (Wildman–Crippen MR) is 130 cm³/mol. The van der Waals surface area contributed by atoms with E-state index < -0.39 is 16.9 Å². The molecule has 0 aliphatic carbocycles. The maximum atomic E-state index is 13.6. The lowest BCUT2D eigenvalue weighted by Crippen LogP contribution is -2.19. The Balaban J connectivity index is 1.58. The smallest absolute Gasteiger partial charge is 0.265 e. The second-order valence-electron chi connectivity index (χ2n) is 7.79. The fourth-order valence-electron chi connectivity index (χ4n) is 3.71. The molecule has 0 aromatic heterocycles. The summed E-state index contributed by atoms with van der Waals surface area (Å²) in [5.74, 6) is -0.420. The van der Waals surface area contributed by atoms with Crippen molar-refractivity contribution in [2.75, 3.05) is 0 Å². The van der Waals surface area contributed by atoms with Crippen LogP contribution in [0.2, 0.25) is 5.02 Å². The minimum Gasteiger partial charge on any atom is -0.265 e. The summed E-state index contributed by atoms with van der Waals surface area (Å²) >= 11 is 6.22. The number of fused-ring (bicyclic) bond motifs is 1. The Labute approximate surface area is 211 Å². The minimum atomic E-state index is -4.38. The van der Waals surface area contributed by atoms with Gasteiger partial charge in [0.25, 0.3) is 5.56 Å². The summed E-state index contributed by atoms with van der Waals surface area (Å²) in [6, 6.07) is 20.1. The molecule has 36 heavy (non-hydrogen) atoms. The van der Waals surface area contributed by atoms with Gasteiger partial charge in [0.2, 0.25) is 0 Å². The summed E-state index contributed by atoms with van der Waals surface area (Å²) in [6.07, 6.45) is 0. The Morgan fingerprint density at radius 2 is 1.61 bits per heavy atom. The summed E-state index contributed by atoms with van der Waals surface area (Å²) in [7, 11) is 0. The van der Waals surface area contributed by atoms with Crippen LogP contribution in [0, 0.1) is 5.82 Å². The number of hydrogen-bond acceptors (Lipinski definition) is 4. The fourth-order valence-corrected chi connectivity index (χ4v) is 4.48. The average Bonchev–Trinajstić information content (AvgIpc) is 3.14.